The first-order chi connectivity index (χ1) is 16.1. The molecule has 1 aliphatic heterocycles. The zero-order chi connectivity index (χ0) is 22.8. The number of imidazole rings is 1. The minimum Gasteiger partial charge on any atom is -0.497 e. The van der Waals surface area contributed by atoms with Crippen molar-refractivity contribution < 1.29 is 9.53 Å². The standard InChI is InChI=1S/C24H21N5O3S/c1-32-19-8-4-16(5-9-19)20-12-23(31)29(15-25-20)14-22(30)26-18-6-2-17(3-7-18)21-13-28-10-11-33-24(28)27-21/h2-9,12-13,15H,10-11,14H2,1H3,(H,26,30). The molecule has 1 aliphatic rings. The molecule has 1 amide bonds. The summed E-state index contributed by atoms with van der Waals surface area (Å²) >= 11 is 1.75. The number of nitrogens with one attached hydrogen (secondary N) is 1. The minimum absolute atomic E-state index is 0.124. The number of hydrogen-bond acceptors (Lipinski definition) is 6. The quantitative estimate of drug-likeness (QED) is 0.474. The monoisotopic (exact) mass is 459 g/mol. The van der Waals surface area contributed by atoms with Crippen molar-refractivity contribution in [1.82, 2.24) is 19.1 Å². The summed E-state index contributed by atoms with van der Waals surface area (Å²) in [6.45, 7) is 0.859. The number of rotatable bonds is 6. The van der Waals surface area contributed by atoms with Crippen LogP contribution in [0.1, 0.15) is 0 Å². The van der Waals surface area contributed by atoms with Crippen LogP contribution in [0.5, 0.6) is 5.75 Å². The molecule has 2 aromatic carbocycles. The van der Waals surface area contributed by atoms with E-state index in [1.165, 1.54) is 17.0 Å². The summed E-state index contributed by atoms with van der Waals surface area (Å²) in [4.78, 5) is 33.9. The molecule has 0 fully saturated rings. The van der Waals surface area contributed by atoms with E-state index in [1.807, 2.05) is 36.4 Å². The maximum Gasteiger partial charge on any atom is 0.254 e. The van der Waals surface area contributed by atoms with Crippen LogP contribution >= 0.6 is 11.8 Å². The molecular weight excluding hydrogens is 438 g/mol. The van der Waals surface area contributed by atoms with E-state index in [9.17, 15) is 9.59 Å². The molecule has 0 radical (unpaired) electrons. The second-order valence-corrected chi connectivity index (χ2v) is 8.61. The Morgan fingerprint density at radius 3 is 2.52 bits per heavy atom. The summed E-state index contributed by atoms with van der Waals surface area (Å²) in [6.07, 6.45) is 3.44. The maximum atomic E-state index is 12.5. The largest absolute Gasteiger partial charge is 0.497 e. The second kappa shape index (κ2) is 8.95. The number of methoxy groups -OCH3 is 1. The molecular formula is C24H21N5O3S. The fourth-order valence-corrected chi connectivity index (χ4v) is 4.54. The summed E-state index contributed by atoms with van der Waals surface area (Å²) < 4.78 is 8.58. The van der Waals surface area contributed by atoms with Crippen molar-refractivity contribution in [1.29, 1.82) is 0 Å². The molecule has 1 N–H and O–H groups in total. The number of thioether (sulfide) groups is 1. The number of ether oxygens (including phenoxy) is 1. The fourth-order valence-electron chi connectivity index (χ4n) is 3.59. The Bertz CT molecular complexity index is 1340. The molecule has 5 rings (SSSR count). The third kappa shape index (κ3) is 4.54. The van der Waals surface area contributed by atoms with E-state index in [2.05, 4.69) is 26.0 Å². The molecule has 0 atom stereocenters. The van der Waals surface area contributed by atoms with Crippen LogP contribution in [0.3, 0.4) is 0 Å². The van der Waals surface area contributed by atoms with Crippen LogP contribution < -0.4 is 15.6 Å². The van der Waals surface area contributed by atoms with Crippen molar-refractivity contribution in [3.8, 4) is 28.3 Å². The smallest absolute Gasteiger partial charge is 0.254 e. The Morgan fingerprint density at radius 1 is 1.09 bits per heavy atom. The maximum absolute atomic E-state index is 12.5. The van der Waals surface area contributed by atoms with Gasteiger partial charge in [-0.05, 0) is 36.4 Å². The average molecular weight is 460 g/mol. The van der Waals surface area contributed by atoms with E-state index in [-0.39, 0.29) is 18.0 Å². The SMILES string of the molecule is COc1ccc(-c2cc(=O)n(CC(=O)Nc3ccc(-c4cn5c(n4)SCC5)cc3)cn2)cc1. The molecule has 4 aromatic rings. The van der Waals surface area contributed by atoms with E-state index < -0.39 is 0 Å². The lowest BCUT2D eigenvalue weighted by molar-refractivity contribution is -0.116. The molecule has 0 bridgehead atoms. The van der Waals surface area contributed by atoms with Crippen LogP contribution in [-0.2, 0) is 17.9 Å². The van der Waals surface area contributed by atoms with Gasteiger partial charge in [0.2, 0.25) is 5.91 Å². The lowest BCUT2D eigenvalue weighted by atomic mass is 10.1. The molecule has 166 valence electrons. The molecule has 9 heteroatoms. The number of carbonyl (C=O) groups excluding carboxylic acids is 1. The highest BCUT2D eigenvalue weighted by Crippen LogP contribution is 2.29. The van der Waals surface area contributed by atoms with Crippen LogP contribution in [0, 0.1) is 0 Å². The number of benzene rings is 2. The topological polar surface area (TPSA) is 91.0 Å². The Morgan fingerprint density at radius 2 is 1.82 bits per heavy atom. The number of aryl methyl sites for hydroxylation is 1. The molecule has 0 spiro atoms. The van der Waals surface area contributed by atoms with E-state index in [0.717, 1.165) is 40.0 Å². The van der Waals surface area contributed by atoms with Gasteiger partial charge in [0.25, 0.3) is 5.56 Å². The highest BCUT2D eigenvalue weighted by atomic mass is 32.2. The van der Waals surface area contributed by atoms with Gasteiger partial charge in [-0.1, -0.05) is 23.9 Å². The Labute approximate surface area is 194 Å². The number of nitrogens with zero attached hydrogens (tertiary/aromatic N) is 4. The molecule has 0 aliphatic carbocycles. The fraction of sp³-hybridized carbons (Fsp3) is 0.167. The number of amides is 1. The summed E-state index contributed by atoms with van der Waals surface area (Å²) in [5, 5.41) is 3.87. The van der Waals surface area contributed by atoms with E-state index in [0.29, 0.717) is 11.4 Å². The third-order valence-corrected chi connectivity index (χ3v) is 6.32. The van der Waals surface area contributed by atoms with Gasteiger partial charge in [-0.3, -0.25) is 14.2 Å². The summed E-state index contributed by atoms with van der Waals surface area (Å²) in [6, 6.07) is 16.2. The Balaban J connectivity index is 1.23. The Hall–Kier alpha value is -3.85. The van der Waals surface area contributed by atoms with Gasteiger partial charge < -0.3 is 14.6 Å². The second-order valence-electron chi connectivity index (χ2n) is 7.54. The van der Waals surface area contributed by atoms with Gasteiger partial charge in [0, 0.05) is 41.4 Å². The van der Waals surface area contributed by atoms with Crippen LogP contribution in [-0.4, -0.2) is 37.9 Å². The van der Waals surface area contributed by atoms with Crippen molar-refractivity contribution >= 4 is 23.4 Å². The van der Waals surface area contributed by atoms with Crippen LogP contribution in [0.2, 0.25) is 0 Å². The van der Waals surface area contributed by atoms with Gasteiger partial charge in [0.1, 0.15) is 12.3 Å². The molecule has 33 heavy (non-hydrogen) atoms. The number of anilines is 1. The molecule has 2 aromatic heterocycles. The van der Waals surface area contributed by atoms with Crippen molar-refractivity contribution in [2.24, 2.45) is 0 Å². The highest BCUT2D eigenvalue weighted by molar-refractivity contribution is 7.99. The summed E-state index contributed by atoms with van der Waals surface area (Å²) in [5.41, 5.74) is 3.60. The molecule has 0 saturated carbocycles. The zero-order valence-electron chi connectivity index (χ0n) is 17.9. The number of carbonyl (C=O) groups is 1. The first kappa shape index (κ1) is 21.0. The zero-order valence-corrected chi connectivity index (χ0v) is 18.7. The lowest BCUT2D eigenvalue weighted by Gasteiger charge is -2.09. The average Bonchev–Trinajstić information content (AvgIpc) is 3.44. The van der Waals surface area contributed by atoms with Gasteiger partial charge in [0.15, 0.2) is 5.16 Å². The van der Waals surface area contributed by atoms with Crippen LogP contribution in [0.15, 0.2) is 77.1 Å². The van der Waals surface area contributed by atoms with Crippen molar-refractivity contribution in [2.45, 2.75) is 18.2 Å². The molecule has 0 unspecified atom stereocenters. The lowest BCUT2D eigenvalue weighted by Crippen LogP contribution is -2.27. The minimum atomic E-state index is -0.304. The Kier molecular flexibility index (Phi) is 5.70. The van der Waals surface area contributed by atoms with Gasteiger partial charge >= 0.3 is 0 Å². The normalized spacial score (nSPS) is 12.4. The third-order valence-electron chi connectivity index (χ3n) is 5.35. The first-order valence-corrected chi connectivity index (χ1v) is 11.4. The summed E-state index contributed by atoms with van der Waals surface area (Å²) in [7, 11) is 1.59. The molecule has 0 saturated heterocycles. The molecule has 3 heterocycles. The van der Waals surface area contributed by atoms with E-state index in [1.54, 1.807) is 31.0 Å². The van der Waals surface area contributed by atoms with Crippen molar-refractivity contribution in [2.75, 3.05) is 18.2 Å². The van der Waals surface area contributed by atoms with Gasteiger partial charge in [0.05, 0.1) is 24.8 Å². The van der Waals surface area contributed by atoms with Crippen molar-refractivity contribution in [3.63, 3.8) is 0 Å². The predicted octanol–water partition coefficient (Wildman–Crippen LogP) is 3.53. The number of hydrogen-bond donors (Lipinski definition) is 1. The number of aromatic nitrogens is 4. The van der Waals surface area contributed by atoms with E-state index in [4.69, 9.17) is 4.74 Å². The number of fused-ring (bicyclic) bond motifs is 1. The van der Waals surface area contributed by atoms with Crippen LogP contribution in [0.25, 0.3) is 22.5 Å². The van der Waals surface area contributed by atoms with Crippen molar-refractivity contribution in [3.05, 3.63) is 77.5 Å². The summed E-state index contributed by atoms with van der Waals surface area (Å²) in [5.74, 6) is 1.49. The first-order valence-electron chi connectivity index (χ1n) is 10.4. The van der Waals surface area contributed by atoms with Crippen LogP contribution in [0.4, 0.5) is 5.69 Å². The van der Waals surface area contributed by atoms with Gasteiger partial charge in [-0.25, -0.2) is 9.97 Å². The highest BCUT2D eigenvalue weighted by Gasteiger charge is 2.15. The predicted molar refractivity (Wildman–Crippen MR) is 128 cm³/mol. The van der Waals surface area contributed by atoms with E-state index >= 15 is 0 Å². The van der Waals surface area contributed by atoms with Gasteiger partial charge in [-0.2, -0.15) is 0 Å². The molecule has 8 nitrogen and oxygen atoms in total. The van der Waals surface area contributed by atoms with Gasteiger partial charge in [-0.15, -0.1) is 0 Å².